The average molecular weight is 434 g/mol. The van der Waals surface area contributed by atoms with E-state index in [0.29, 0.717) is 17.6 Å². The van der Waals surface area contributed by atoms with Crippen molar-refractivity contribution in [1.82, 2.24) is 14.2 Å². The Balaban J connectivity index is 1.35. The van der Waals surface area contributed by atoms with E-state index in [1.807, 2.05) is 0 Å². The summed E-state index contributed by atoms with van der Waals surface area (Å²) in [4.78, 5) is 25.5. The van der Waals surface area contributed by atoms with Crippen molar-refractivity contribution in [2.45, 2.75) is 32.2 Å². The Morgan fingerprint density at radius 3 is 2.56 bits per heavy atom. The summed E-state index contributed by atoms with van der Waals surface area (Å²) < 4.78 is 29.7. The van der Waals surface area contributed by atoms with Crippen LogP contribution in [0.1, 0.15) is 40.0 Å². The van der Waals surface area contributed by atoms with Gasteiger partial charge in [0.05, 0.1) is 12.2 Å². The van der Waals surface area contributed by atoms with Gasteiger partial charge in [0, 0.05) is 35.3 Å². The van der Waals surface area contributed by atoms with Gasteiger partial charge in [0.2, 0.25) is 0 Å². The molecule has 0 atom stereocenters. The second-order valence-corrected chi connectivity index (χ2v) is 7.94. The van der Waals surface area contributed by atoms with Gasteiger partial charge >= 0.3 is 0 Å². The number of carbonyl (C=O) groups is 1. The van der Waals surface area contributed by atoms with Crippen molar-refractivity contribution in [2.75, 3.05) is 5.32 Å². The molecule has 0 saturated heterocycles. The third kappa shape index (κ3) is 3.68. The number of nitrogens with zero attached hydrogens (tertiary/aromatic N) is 3. The Morgan fingerprint density at radius 2 is 1.78 bits per heavy atom. The fraction of sp³-hybridized carbons (Fsp3) is 0.208. The molecule has 32 heavy (non-hydrogen) atoms. The zero-order valence-electron chi connectivity index (χ0n) is 17.1. The number of anilines is 1. The van der Waals surface area contributed by atoms with Gasteiger partial charge in [-0.1, -0.05) is 12.1 Å². The summed E-state index contributed by atoms with van der Waals surface area (Å²) in [6, 6.07) is 9.98. The smallest absolute Gasteiger partial charge is 0.277 e. The summed E-state index contributed by atoms with van der Waals surface area (Å²) in [6.07, 6.45) is 7.47. The van der Waals surface area contributed by atoms with Crippen molar-refractivity contribution in [3.63, 3.8) is 0 Å². The van der Waals surface area contributed by atoms with Crippen LogP contribution in [-0.4, -0.2) is 20.1 Å². The van der Waals surface area contributed by atoms with E-state index in [0.717, 1.165) is 54.6 Å². The molecule has 2 heterocycles. The van der Waals surface area contributed by atoms with Crippen LogP contribution in [0.4, 0.5) is 14.5 Å². The van der Waals surface area contributed by atoms with E-state index < -0.39 is 17.5 Å². The summed E-state index contributed by atoms with van der Waals surface area (Å²) in [7, 11) is 0. The molecule has 0 spiro atoms. The highest BCUT2D eigenvalue weighted by molar-refractivity contribution is 6.04. The van der Waals surface area contributed by atoms with Gasteiger partial charge in [-0.25, -0.2) is 13.3 Å². The monoisotopic (exact) mass is 434 g/mol. The van der Waals surface area contributed by atoms with Gasteiger partial charge < -0.3 is 9.88 Å². The van der Waals surface area contributed by atoms with Crippen molar-refractivity contribution >= 4 is 17.1 Å². The molecule has 0 bridgehead atoms. The molecule has 1 aliphatic carbocycles. The predicted molar refractivity (Wildman–Crippen MR) is 116 cm³/mol. The molecule has 2 aromatic heterocycles. The molecule has 6 nitrogen and oxygen atoms in total. The molecule has 2 aromatic carbocycles. The van der Waals surface area contributed by atoms with Crippen LogP contribution in [0, 0.1) is 11.6 Å². The quantitative estimate of drug-likeness (QED) is 0.529. The van der Waals surface area contributed by atoms with Crippen molar-refractivity contribution in [3.05, 3.63) is 99.2 Å². The number of fused-ring (bicyclic) bond motifs is 3. The number of nitrogens with one attached hydrogen (secondary N) is 1. The van der Waals surface area contributed by atoms with E-state index in [1.54, 1.807) is 45.7 Å². The summed E-state index contributed by atoms with van der Waals surface area (Å²) >= 11 is 0. The highest BCUT2D eigenvalue weighted by Crippen LogP contribution is 2.22. The fourth-order valence-electron chi connectivity index (χ4n) is 4.12. The van der Waals surface area contributed by atoms with Gasteiger partial charge in [0.15, 0.2) is 11.6 Å². The number of hydrogen-bond donors (Lipinski definition) is 1. The zero-order valence-corrected chi connectivity index (χ0v) is 17.1. The molecule has 0 aliphatic heterocycles. The number of rotatable bonds is 4. The lowest BCUT2D eigenvalue weighted by Gasteiger charge is -2.10. The predicted octanol–water partition coefficient (Wildman–Crippen LogP) is 3.95. The molecule has 162 valence electrons. The molecule has 4 aromatic rings. The summed E-state index contributed by atoms with van der Waals surface area (Å²) in [5.74, 6) is -2.44. The van der Waals surface area contributed by atoms with Crippen LogP contribution in [0.25, 0.3) is 5.52 Å². The third-order valence-corrected chi connectivity index (χ3v) is 5.78. The molecular formula is C24H20F2N4O2. The van der Waals surface area contributed by atoms with Gasteiger partial charge in [-0.05, 0) is 55.5 Å². The molecule has 0 saturated carbocycles. The number of benzene rings is 2. The van der Waals surface area contributed by atoms with Crippen molar-refractivity contribution in [2.24, 2.45) is 0 Å². The second kappa shape index (κ2) is 8.03. The maximum atomic E-state index is 13.3. The summed E-state index contributed by atoms with van der Waals surface area (Å²) in [6.45, 7) is 0.361. The Bertz CT molecular complexity index is 1390. The highest BCUT2D eigenvalue weighted by Gasteiger charge is 2.19. The Kier molecular flexibility index (Phi) is 5.05. The number of amides is 1. The van der Waals surface area contributed by atoms with Gasteiger partial charge in [-0.2, -0.15) is 5.10 Å². The molecular weight excluding hydrogens is 414 g/mol. The number of halogens is 2. The molecule has 0 unspecified atom stereocenters. The highest BCUT2D eigenvalue weighted by atomic mass is 19.2. The molecule has 8 heteroatoms. The Hall–Kier alpha value is -3.81. The molecule has 5 rings (SSSR count). The Labute approximate surface area is 182 Å². The first kappa shape index (κ1) is 20.1. The van der Waals surface area contributed by atoms with E-state index in [1.165, 1.54) is 6.07 Å². The average Bonchev–Trinajstić information content (AvgIpc) is 3.18. The maximum Gasteiger partial charge on any atom is 0.277 e. The van der Waals surface area contributed by atoms with Gasteiger partial charge in [-0.3, -0.25) is 9.59 Å². The van der Waals surface area contributed by atoms with Crippen LogP contribution in [0.5, 0.6) is 0 Å². The number of carbonyl (C=O) groups excluding carboxylic acids is 1. The number of hydrogen-bond acceptors (Lipinski definition) is 3. The van der Waals surface area contributed by atoms with Crippen LogP contribution in [-0.2, 0) is 19.4 Å². The normalized spacial score (nSPS) is 13.2. The fourth-order valence-corrected chi connectivity index (χ4v) is 4.12. The second-order valence-electron chi connectivity index (χ2n) is 7.94. The zero-order chi connectivity index (χ0) is 22.2. The first-order valence-electron chi connectivity index (χ1n) is 10.4. The topological polar surface area (TPSA) is 68.4 Å². The van der Waals surface area contributed by atoms with Crippen LogP contribution in [0.2, 0.25) is 0 Å². The minimum Gasteiger partial charge on any atom is -0.322 e. The Morgan fingerprint density at radius 1 is 1.00 bits per heavy atom. The van der Waals surface area contributed by atoms with Gasteiger partial charge in [0.1, 0.15) is 5.52 Å². The van der Waals surface area contributed by atoms with Crippen LogP contribution >= 0.6 is 0 Å². The van der Waals surface area contributed by atoms with Gasteiger partial charge in [0.25, 0.3) is 11.5 Å². The van der Waals surface area contributed by atoms with Gasteiger partial charge in [-0.15, -0.1) is 0 Å². The third-order valence-electron chi connectivity index (χ3n) is 5.78. The summed E-state index contributed by atoms with van der Waals surface area (Å²) in [5.41, 5.74) is 4.03. The van der Waals surface area contributed by atoms with E-state index in [4.69, 9.17) is 0 Å². The maximum absolute atomic E-state index is 13.3. The van der Waals surface area contributed by atoms with E-state index in [9.17, 15) is 18.4 Å². The lowest BCUT2D eigenvalue weighted by molar-refractivity contribution is 0.102. The van der Waals surface area contributed by atoms with E-state index in [-0.39, 0.29) is 11.2 Å². The van der Waals surface area contributed by atoms with Crippen molar-refractivity contribution in [1.29, 1.82) is 0 Å². The lowest BCUT2D eigenvalue weighted by atomic mass is 9.97. The standard InChI is InChI=1S/C24H20F2N4O2/c25-19-10-9-17(13-20(19)26)27-23(31)16-7-5-15(6-8-16)14-29-11-12-30-22(24(29)32)18-3-1-2-4-21(18)28-30/h5-13H,1-4,14H2,(H,27,31). The van der Waals surface area contributed by atoms with E-state index in [2.05, 4.69) is 10.4 Å². The minimum atomic E-state index is -1.03. The first-order chi connectivity index (χ1) is 15.5. The van der Waals surface area contributed by atoms with E-state index >= 15 is 0 Å². The van der Waals surface area contributed by atoms with Crippen molar-refractivity contribution in [3.8, 4) is 0 Å². The van der Waals surface area contributed by atoms with Crippen LogP contribution in [0.15, 0.2) is 59.7 Å². The number of aryl methyl sites for hydroxylation is 2. The summed E-state index contributed by atoms with van der Waals surface area (Å²) in [5, 5.41) is 7.09. The molecule has 0 fully saturated rings. The SMILES string of the molecule is O=C(Nc1ccc(F)c(F)c1)c1ccc(Cn2ccn3nc4c(c3c2=O)CCCC4)cc1. The minimum absolute atomic E-state index is 0.0803. The van der Waals surface area contributed by atoms with Crippen molar-refractivity contribution < 1.29 is 13.6 Å². The number of aromatic nitrogens is 3. The molecule has 1 N–H and O–H groups in total. The molecule has 1 aliphatic rings. The van der Waals surface area contributed by atoms with Crippen LogP contribution in [0.3, 0.4) is 0 Å². The first-order valence-corrected chi connectivity index (χ1v) is 10.4. The lowest BCUT2D eigenvalue weighted by Crippen LogP contribution is -2.23. The molecule has 0 radical (unpaired) electrons. The van der Waals surface area contributed by atoms with Crippen LogP contribution < -0.4 is 10.9 Å². The largest absolute Gasteiger partial charge is 0.322 e. The molecule has 1 amide bonds.